The van der Waals surface area contributed by atoms with Gasteiger partial charge in [0, 0.05) is 86.3 Å². The summed E-state index contributed by atoms with van der Waals surface area (Å²) in [6.45, 7) is 29.9. The Bertz CT molecular complexity index is 2300. The lowest BCUT2D eigenvalue weighted by molar-refractivity contribution is -0.157. The van der Waals surface area contributed by atoms with Crippen molar-refractivity contribution in [2.45, 2.75) is 217 Å². The fraction of sp³-hybridized carbons (Fsp3) is 0.797. The number of amides is 8. The molecule has 84 heavy (non-hydrogen) atoms. The molecule has 20 heteroatoms. The normalized spacial score (nSPS) is 27.4. The molecule has 1 fully saturated rings. The predicted molar refractivity (Wildman–Crippen MR) is 327 cm³/mol. The largest absolute Gasteiger partial charge is 0.390 e. The van der Waals surface area contributed by atoms with Gasteiger partial charge in [-0.2, -0.15) is 0 Å². The zero-order valence-electron chi connectivity index (χ0n) is 56.0. The van der Waals surface area contributed by atoms with Crippen LogP contribution in [0, 0.1) is 59.2 Å². The number of nitrogens with one attached hydrogen (secondary N) is 1. The highest BCUT2D eigenvalue weighted by Crippen LogP contribution is 2.29. The number of nitrogens with zero attached hydrogens (tertiary/aromatic N) is 7. The molecule has 0 aromatic rings. The van der Waals surface area contributed by atoms with Crippen LogP contribution in [0.15, 0.2) is 12.2 Å². The van der Waals surface area contributed by atoms with Crippen LogP contribution < -0.4 is 5.32 Å². The molecular weight excluding hydrogens is 1070 g/mol. The number of hydrogen-bond donors (Lipinski definition) is 2. The van der Waals surface area contributed by atoms with Crippen LogP contribution in [0.5, 0.6) is 0 Å². The summed E-state index contributed by atoms with van der Waals surface area (Å²) < 4.78 is 0. The molecular formula is C64H112N8O12. The number of rotatable bonds is 14. The molecule has 8 amide bonds. The van der Waals surface area contributed by atoms with Gasteiger partial charge in [-0.3, -0.25) is 52.7 Å². The Balaban J connectivity index is 4.28. The van der Waals surface area contributed by atoms with Crippen molar-refractivity contribution in [1.29, 1.82) is 0 Å². The predicted octanol–water partition coefficient (Wildman–Crippen LogP) is 6.15. The second kappa shape index (κ2) is 34.6. The molecule has 0 bridgehead atoms. The van der Waals surface area contributed by atoms with E-state index in [-0.39, 0.29) is 79.7 Å². The van der Waals surface area contributed by atoms with Crippen molar-refractivity contribution in [2.24, 2.45) is 59.2 Å². The van der Waals surface area contributed by atoms with Crippen LogP contribution in [0.3, 0.4) is 0 Å². The third-order valence-corrected chi connectivity index (χ3v) is 16.7. The number of carbonyl (C=O) groups excluding carboxylic acids is 11. The highest BCUT2D eigenvalue weighted by Gasteiger charge is 2.45. The summed E-state index contributed by atoms with van der Waals surface area (Å²) in [5.41, 5.74) is 0. The molecule has 12 atom stereocenters. The summed E-state index contributed by atoms with van der Waals surface area (Å²) in [4.78, 5) is 169. The van der Waals surface area contributed by atoms with E-state index >= 15 is 9.59 Å². The summed E-state index contributed by atoms with van der Waals surface area (Å²) >= 11 is 0. The van der Waals surface area contributed by atoms with Gasteiger partial charge in [0.05, 0.1) is 24.7 Å². The minimum atomic E-state index is -1.49. The Morgan fingerprint density at radius 1 is 0.464 bits per heavy atom. The van der Waals surface area contributed by atoms with Crippen molar-refractivity contribution >= 4 is 64.6 Å². The average Bonchev–Trinajstić information content (AvgIpc) is 2.58. The van der Waals surface area contributed by atoms with Crippen LogP contribution in [0.4, 0.5) is 0 Å². The Morgan fingerprint density at radius 2 is 0.869 bits per heavy atom. The van der Waals surface area contributed by atoms with Crippen molar-refractivity contribution in [3.63, 3.8) is 0 Å². The maximum atomic E-state index is 15.1. The summed E-state index contributed by atoms with van der Waals surface area (Å²) in [5.74, 6) is -10.9. The molecule has 1 rings (SSSR count). The molecule has 0 saturated carbocycles. The number of ketones is 3. The number of likely N-dealkylation sites (N-methyl/N-ethyl adjacent to an activating group) is 7. The molecule has 0 aromatic carbocycles. The minimum Gasteiger partial charge on any atom is -0.390 e. The summed E-state index contributed by atoms with van der Waals surface area (Å²) in [6.07, 6.45) is 2.40. The van der Waals surface area contributed by atoms with Gasteiger partial charge in [0.2, 0.25) is 47.3 Å². The van der Waals surface area contributed by atoms with E-state index in [1.54, 1.807) is 47.6 Å². The van der Waals surface area contributed by atoms with Crippen molar-refractivity contribution in [3.05, 3.63) is 12.2 Å². The molecule has 1 aliphatic heterocycles. The van der Waals surface area contributed by atoms with Gasteiger partial charge < -0.3 is 44.7 Å². The van der Waals surface area contributed by atoms with Gasteiger partial charge in [0.25, 0.3) is 0 Å². The summed E-state index contributed by atoms with van der Waals surface area (Å²) in [6, 6.07) is -8.09. The molecule has 1 aliphatic rings. The van der Waals surface area contributed by atoms with E-state index < -0.39 is 144 Å². The number of Topliss-reactive ketones (excluding diaryl/α,β-unsaturated/α-hetero) is 3. The van der Waals surface area contributed by atoms with Crippen LogP contribution in [0.25, 0.3) is 0 Å². The van der Waals surface area contributed by atoms with Gasteiger partial charge in [0.1, 0.15) is 30.2 Å². The molecule has 2 N–H and O–H groups in total. The summed E-state index contributed by atoms with van der Waals surface area (Å²) in [7, 11) is 10.2. The molecule has 1 saturated heterocycles. The SMILES string of the molecule is C/C=C/C[C@@H](C)[C@@H](O)[C@H]1C(=O)C[C@@H](C)C(=O)N(C)CC(=O)N(C)[C@@H](CC(C)C)C(=O)C[C@@H](C(C)C)C(=O)N(C)[C@@H](CC(C)C)C(=O)C[C@@H](C)C(=O)N[C@H](C)C(=O)N(C)[C@@H](CC(C)C)C(=O)N(C)[C@@H](CC(C)C)C(=O)N(C)[C@@H](C(C)C)C(=O)N1C. The van der Waals surface area contributed by atoms with Crippen molar-refractivity contribution in [1.82, 2.24) is 39.6 Å². The fourth-order valence-electron chi connectivity index (χ4n) is 11.3. The van der Waals surface area contributed by atoms with Crippen LogP contribution in [-0.2, 0) is 52.7 Å². The van der Waals surface area contributed by atoms with Gasteiger partial charge in [-0.1, -0.05) is 116 Å². The first-order valence-electron chi connectivity index (χ1n) is 30.7. The van der Waals surface area contributed by atoms with E-state index in [0.717, 1.165) is 4.90 Å². The molecule has 0 spiro atoms. The molecule has 0 aliphatic carbocycles. The highest BCUT2D eigenvalue weighted by molar-refractivity contribution is 5.99. The Labute approximate surface area is 504 Å². The van der Waals surface area contributed by atoms with Crippen LogP contribution >= 0.6 is 0 Å². The number of allylic oxidation sites excluding steroid dienone is 2. The maximum absolute atomic E-state index is 15.1. The zero-order valence-corrected chi connectivity index (χ0v) is 56.0. The molecule has 20 nitrogen and oxygen atoms in total. The fourth-order valence-corrected chi connectivity index (χ4v) is 11.3. The number of aliphatic hydroxyl groups is 1. The van der Waals surface area contributed by atoms with Crippen molar-refractivity contribution in [3.8, 4) is 0 Å². The third kappa shape index (κ3) is 21.5. The molecule has 0 radical (unpaired) electrons. The van der Waals surface area contributed by atoms with Gasteiger partial charge in [-0.05, 0) is 87.4 Å². The van der Waals surface area contributed by atoms with Gasteiger partial charge in [-0.25, -0.2) is 0 Å². The first-order valence-corrected chi connectivity index (χ1v) is 30.7. The van der Waals surface area contributed by atoms with Crippen LogP contribution in [0.1, 0.15) is 169 Å². The lowest BCUT2D eigenvalue weighted by Crippen LogP contribution is -2.61. The molecule has 480 valence electrons. The van der Waals surface area contributed by atoms with Gasteiger partial charge >= 0.3 is 0 Å². The Morgan fingerprint density at radius 3 is 1.32 bits per heavy atom. The van der Waals surface area contributed by atoms with E-state index in [0.29, 0.717) is 6.42 Å². The topological polar surface area (TPSA) is 243 Å². The van der Waals surface area contributed by atoms with E-state index in [1.807, 2.05) is 68.4 Å². The molecule has 1 heterocycles. The smallest absolute Gasteiger partial charge is 0.246 e. The first-order chi connectivity index (χ1) is 38.7. The zero-order chi connectivity index (χ0) is 65.3. The maximum Gasteiger partial charge on any atom is 0.246 e. The standard InChI is InChI=1S/C64H112N8O12/c1-25-26-27-42(14)57(77)56-53(75)33-44(16)59(79)66(18)35-54(76)67(19)47(28-36(2)3)52(74)34-46(40(10)11)61(81)68(20)48(29-37(4)5)51(73)32-43(15)58(78)65-45(17)60(80)69(21)49(30-38(6)7)62(82)70(22)50(31-39(8)9)63(83)71(23)55(41(12)13)64(84)72(56)24/h25-26,36-50,55-57,77H,27-35H2,1-24H3,(H,65,78)/b26-25+/t42-,43-,44-,45-,46+,47+,48+,49+,50+,55+,56-,57-/m1/s1. The first kappa shape index (κ1) is 76.5. The third-order valence-electron chi connectivity index (χ3n) is 16.7. The lowest BCUT2D eigenvalue weighted by atomic mass is 9.84. The Hall–Kier alpha value is -5.53. The summed E-state index contributed by atoms with van der Waals surface area (Å²) in [5, 5.41) is 14.8. The van der Waals surface area contributed by atoms with Gasteiger partial charge in [-0.15, -0.1) is 0 Å². The number of aliphatic hydroxyl groups excluding tert-OH is 1. The molecule has 0 aromatic heterocycles. The van der Waals surface area contributed by atoms with E-state index in [1.165, 1.54) is 92.6 Å². The monoisotopic (exact) mass is 1180 g/mol. The molecule has 0 unspecified atom stereocenters. The number of carbonyl (C=O) groups is 11. The van der Waals surface area contributed by atoms with Gasteiger partial charge in [0.15, 0.2) is 17.3 Å². The Kier molecular flexibility index (Phi) is 31.5. The lowest BCUT2D eigenvalue weighted by Gasteiger charge is -2.41. The van der Waals surface area contributed by atoms with Crippen molar-refractivity contribution in [2.75, 3.05) is 55.9 Å². The number of hydrogen-bond acceptors (Lipinski definition) is 12. The minimum absolute atomic E-state index is 0.0644. The van der Waals surface area contributed by atoms with Crippen LogP contribution in [0.2, 0.25) is 0 Å². The van der Waals surface area contributed by atoms with Crippen LogP contribution in [-0.4, -0.2) is 208 Å². The highest BCUT2D eigenvalue weighted by atomic mass is 16.3. The second-order valence-corrected chi connectivity index (χ2v) is 26.8. The van der Waals surface area contributed by atoms with E-state index in [4.69, 9.17) is 0 Å². The van der Waals surface area contributed by atoms with E-state index in [9.17, 15) is 48.3 Å². The van der Waals surface area contributed by atoms with Crippen molar-refractivity contribution < 1.29 is 57.8 Å². The quantitative estimate of drug-likeness (QED) is 0.186. The van der Waals surface area contributed by atoms with E-state index in [2.05, 4.69) is 5.32 Å². The average molecular weight is 1190 g/mol. The second-order valence-electron chi connectivity index (χ2n) is 26.8.